The van der Waals surface area contributed by atoms with Crippen molar-refractivity contribution in [3.8, 4) is 0 Å². The third kappa shape index (κ3) is 3.37. The molecule has 112 valence electrons. The van der Waals surface area contributed by atoms with Crippen molar-refractivity contribution >= 4 is 34.5 Å². The lowest BCUT2D eigenvalue weighted by Crippen LogP contribution is -2.13. The number of H-pyrrole nitrogens is 1. The van der Waals surface area contributed by atoms with Gasteiger partial charge in [0, 0.05) is 10.6 Å². The maximum absolute atomic E-state index is 12.8. The minimum absolute atomic E-state index is 0.195. The molecular formula is C15H11FN2O3S. The number of carbonyl (C=O) groups is 1. The Bertz CT molecular complexity index is 870. The molecule has 0 aliphatic rings. The van der Waals surface area contributed by atoms with Crippen molar-refractivity contribution in [3.05, 3.63) is 58.8 Å². The molecule has 1 heterocycles. The van der Waals surface area contributed by atoms with E-state index in [1.165, 1.54) is 23.9 Å². The number of aromatic nitrogens is 1. The summed E-state index contributed by atoms with van der Waals surface area (Å²) in [5, 5.41) is 2.73. The molecule has 3 rings (SSSR count). The highest BCUT2D eigenvalue weighted by atomic mass is 32.2. The molecule has 0 radical (unpaired) electrons. The van der Waals surface area contributed by atoms with Crippen LogP contribution >= 0.6 is 11.8 Å². The van der Waals surface area contributed by atoms with Crippen LogP contribution in [0.25, 0.3) is 11.1 Å². The Hall–Kier alpha value is -2.54. The van der Waals surface area contributed by atoms with Crippen molar-refractivity contribution in [3.63, 3.8) is 0 Å². The topological polar surface area (TPSA) is 75.1 Å². The fourth-order valence-corrected chi connectivity index (χ4v) is 2.61. The van der Waals surface area contributed by atoms with Crippen LogP contribution in [-0.2, 0) is 4.79 Å². The summed E-state index contributed by atoms with van der Waals surface area (Å²) >= 11 is 1.31. The van der Waals surface area contributed by atoms with Gasteiger partial charge in [0.2, 0.25) is 5.91 Å². The van der Waals surface area contributed by atoms with Crippen LogP contribution in [0.5, 0.6) is 0 Å². The second-order valence-corrected chi connectivity index (χ2v) is 5.56. The van der Waals surface area contributed by atoms with Gasteiger partial charge in [0.1, 0.15) is 5.82 Å². The maximum Gasteiger partial charge on any atom is 0.417 e. The SMILES string of the molecule is O=C(CSc1ccc(F)cc1)Nc1ccc2oc(=O)[nH]c2c1. The monoisotopic (exact) mass is 318 g/mol. The van der Waals surface area contributed by atoms with Crippen molar-refractivity contribution in [1.82, 2.24) is 4.98 Å². The lowest BCUT2D eigenvalue weighted by atomic mass is 10.3. The summed E-state index contributed by atoms with van der Waals surface area (Å²) < 4.78 is 17.7. The van der Waals surface area contributed by atoms with E-state index in [4.69, 9.17) is 4.42 Å². The lowest BCUT2D eigenvalue weighted by molar-refractivity contribution is -0.113. The number of fused-ring (bicyclic) bond motifs is 1. The van der Waals surface area contributed by atoms with E-state index in [1.54, 1.807) is 30.3 Å². The lowest BCUT2D eigenvalue weighted by Gasteiger charge is -2.05. The number of carbonyl (C=O) groups excluding carboxylic acids is 1. The molecule has 1 amide bonds. The first-order valence-electron chi connectivity index (χ1n) is 6.41. The van der Waals surface area contributed by atoms with Crippen LogP contribution in [-0.4, -0.2) is 16.6 Å². The fraction of sp³-hybridized carbons (Fsp3) is 0.0667. The molecule has 5 nitrogen and oxygen atoms in total. The van der Waals surface area contributed by atoms with Gasteiger partial charge in [0.25, 0.3) is 0 Å². The molecule has 0 aliphatic carbocycles. The number of benzene rings is 2. The second kappa shape index (κ2) is 6.07. The predicted octanol–water partition coefficient (Wildman–Crippen LogP) is 2.99. The Morgan fingerprint density at radius 3 is 2.77 bits per heavy atom. The molecule has 0 spiro atoms. The van der Waals surface area contributed by atoms with Crippen LogP contribution in [0.4, 0.5) is 10.1 Å². The number of oxazole rings is 1. The molecule has 0 saturated heterocycles. The molecule has 0 bridgehead atoms. The zero-order chi connectivity index (χ0) is 15.5. The van der Waals surface area contributed by atoms with Crippen LogP contribution < -0.4 is 11.1 Å². The molecule has 3 aromatic rings. The first kappa shape index (κ1) is 14.4. The van der Waals surface area contributed by atoms with E-state index in [9.17, 15) is 14.0 Å². The molecule has 0 aliphatic heterocycles. The highest BCUT2D eigenvalue weighted by Gasteiger charge is 2.06. The van der Waals surface area contributed by atoms with Crippen LogP contribution in [0.1, 0.15) is 0 Å². The van der Waals surface area contributed by atoms with Gasteiger partial charge < -0.3 is 9.73 Å². The molecule has 7 heteroatoms. The van der Waals surface area contributed by atoms with Gasteiger partial charge >= 0.3 is 5.76 Å². The summed E-state index contributed by atoms with van der Waals surface area (Å²) in [6.07, 6.45) is 0. The van der Waals surface area contributed by atoms with Gasteiger partial charge in [-0.2, -0.15) is 0 Å². The van der Waals surface area contributed by atoms with Crippen molar-refractivity contribution in [2.24, 2.45) is 0 Å². The molecule has 2 N–H and O–H groups in total. The van der Waals surface area contributed by atoms with Crippen molar-refractivity contribution in [1.29, 1.82) is 0 Å². The number of hydrogen-bond donors (Lipinski definition) is 2. The van der Waals surface area contributed by atoms with Crippen LogP contribution in [0.2, 0.25) is 0 Å². The normalized spacial score (nSPS) is 10.8. The zero-order valence-electron chi connectivity index (χ0n) is 11.3. The minimum atomic E-state index is -0.537. The van der Waals surface area contributed by atoms with E-state index in [1.807, 2.05) is 0 Å². The van der Waals surface area contributed by atoms with Gasteiger partial charge in [-0.3, -0.25) is 9.78 Å². The number of halogens is 1. The number of nitrogens with one attached hydrogen (secondary N) is 2. The summed E-state index contributed by atoms with van der Waals surface area (Å²) in [4.78, 5) is 26.3. The molecule has 0 atom stereocenters. The second-order valence-electron chi connectivity index (χ2n) is 4.52. The number of rotatable bonds is 4. The first-order chi connectivity index (χ1) is 10.6. The fourth-order valence-electron chi connectivity index (χ4n) is 1.91. The third-order valence-corrected chi connectivity index (χ3v) is 3.90. The van der Waals surface area contributed by atoms with E-state index in [-0.39, 0.29) is 17.5 Å². The molecule has 0 fully saturated rings. The van der Waals surface area contributed by atoms with E-state index >= 15 is 0 Å². The van der Waals surface area contributed by atoms with Crippen molar-refractivity contribution in [2.45, 2.75) is 4.90 Å². The smallest absolute Gasteiger partial charge is 0.408 e. The highest BCUT2D eigenvalue weighted by Crippen LogP contribution is 2.20. The molecule has 2 aromatic carbocycles. The zero-order valence-corrected chi connectivity index (χ0v) is 12.1. The first-order valence-corrected chi connectivity index (χ1v) is 7.40. The average molecular weight is 318 g/mol. The molecule has 0 unspecified atom stereocenters. The molecular weight excluding hydrogens is 307 g/mol. The predicted molar refractivity (Wildman–Crippen MR) is 82.6 cm³/mol. The van der Waals surface area contributed by atoms with Crippen LogP contribution in [0.15, 0.2) is 56.6 Å². The Morgan fingerprint density at radius 2 is 2.00 bits per heavy atom. The van der Waals surface area contributed by atoms with Gasteiger partial charge in [-0.05, 0) is 42.5 Å². The molecule has 1 aromatic heterocycles. The van der Waals surface area contributed by atoms with Gasteiger partial charge in [-0.15, -0.1) is 11.8 Å². The van der Waals surface area contributed by atoms with E-state index in [0.717, 1.165) is 4.90 Å². The Balaban J connectivity index is 1.62. The van der Waals surface area contributed by atoms with Crippen LogP contribution in [0.3, 0.4) is 0 Å². The van der Waals surface area contributed by atoms with E-state index in [0.29, 0.717) is 16.8 Å². The number of hydrogen-bond acceptors (Lipinski definition) is 4. The number of anilines is 1. The van der Waals surface area contributed by atoms with Gasteiger partial charge in [-0.25, -0.2) is 9.18 Å². The van der Waals surface area contributed by atoms with Crippen molar-refractivity contribution in [2.75, 3.05) is 11.1 Å². The van der Waals surface area contributed by atoms with E-state index in [2.05, 4.69) is 10.3 Å². The summed E-state index contributed by atoms with van der Waals surface area (Å²) in [6, 6.07) is 10.8. The average Bonchev–Trinajstić information content (AvgIpc) is 2.86. The van der Waals surface area contributed by atoms with Crippen molar-refractivity contribution < 1.29 is 13.6 Å². The number of amides is 1. The van der Waals surface area contributed by atoms with Gasteiger partial charge in [-0.1, -0.05) is 0 Å². The summed E-state index contributed by atoms with van der Waals surface area (Å²) in [5.74, 6) is -0.841. The summed E-state index contributed by atoms with van der Waals surface area (Å²) in [7, 11) is 0. The Kier molecular flexibility index (Phi) is 3.97. The summed E-state index contributed by atoms with van der Waals surface area (Å²) in [6.45, 7) is 0. The molecule has 22 heavy (non-hydrogen) atoms. The summed E-state index contributed by atoms with van der Waals surface area (Å²) in [5.41, 5.74) is 1.52. The molecule has 0 saturated carbocycles. The van der Waals surface area contributed by atoms with Gasteiger partial charge in [0.15, 0.2) is 5.58 Å². The maximum atomic E-state index is 12.8. The van der Waals surface area contributed by atoms with Gasteiger partial charge in [0.05, 0.1) is 11.3 Å². The van der Waals surface area contributed by atoms with Crippen LogP contribution in [0, 0.1) is 5.82 Å². The number of aromatic amines is 1. The Labute approximate surface area is 128 Å². The minimum Gasteiger partial charge on any atom is -0.408 e. The third-order valence-electron chi connectivity index (χ3n) is 2.89. The quantitative estimate of drug-likeness (QED) is 0.725. The van der Waals surface area contributed by atoms with E-state index < -0.39 is 5.76 Å². The standard InChI is InChI=1S/C15H11FN2O3S/c16-9-1-4-11(5-2-9)22-8-14(19)17-10-3-6-13-12(7-10)18-15(20)21-13/h1-7H,8H2,(H,17,19)(H,18,20). The highest BCUT2D eigenvalue weighted by molar-refractivity contribution is 8.00. The largest absolute Gasteiger partial charge is 0.417 e. The Morgan fingerprint density at radius 1 is 1.23 bits per heavy atom. The number of thioether (sulfide) groups is 1.